The van der Waals surface area contributed by atoms with Crippen molar-refractivity contribution in [3.8, 4) is 0 Å². The lowest BCUT2D eigenvalue weighted by Crippen LogP contribution is -2.35. The van der Waals surface area contributed by atoms with Gasteiger partial charge in [0, 0.05) is 12.0 Å². The normalized spacial score (nSPS) is 12.0. The number of hydrogen-bond donors (Lipinski definition) is 3. The zero-order chi connectivity index (χ0) is 15.1. The van der Waals surface area contributed by atoms with E-state index in [1.165, 1.54) is 38.5 Å². The molecular formula is C16H35NO3. The molecule has 4 heteroatoms. The van der Waals surface area contributed by atoms with Crippen LogP contribution < -0.4 is 5.32 Å². The maximum atomic E-state index is 9.28. The second-order valence-electron chi connectivity index (χ2n) is 5.74. The van der Waals surface area contributed by atoms with Gasteiger partial charge in [0.15, 0.2) is 0 Å². The number of aliphatic hydroxyl groups excluding tert-OH is 2. The van der Waals surface area contributed by atoms with Crippen molar-refractivity contribution in [3.05, 3.63) is 0 Å². The molecule has 0 saturated heterocycles. The molecule has 0 radical (unpaired) electrons. The predicted molar refractivity (Wildman–Crippen MR) is 84.0 cm³/mol. The van der Waals surface area contributed by atoms with E-state index < -0.39 is 5.41 Å². The van der Waals surface area contributed by atoms with Gasteiger partial charge in [0.2, 0.25) is 0 Å². The zero-order valence-electron chi connectivity index (χ0n) is 13.5. The molecule has 0 aromatic carbocycles. The van der Waals surface area contributed by atoms with Crippen molar-refractivity contribution in [2.45, 2.75) is 58.8 Å². The average molecular weight is 289 g/mol. The molecule has 0 aromatic rings. The number of unbranched alkanes of at least 4 members (excludes halogenated alkanes) is 5. The summed E-state index contributed by atoms with van der Waals surface area (Å²) >= 11 is 0. The standard InChI is InChI=1S/C16H35NO3/c1-3-5-6-7-8-9-10-17-11-12-20-15-16(4-2,13-18)14-19/h17-19H,3-15H2,1-2H3. The number of aliphatic hydroxyl groups is 2. The average Bonchev–Trinajstić information content (AvgIpc) is 2.49. The molecule has 0 atom stereocenters. The minimum atomic E-state index is -0.473. The summed E-state index contributed by atoms with van der Waals surface area (Å²) in [5.74, 6) is 0. The van der Waals surface area contributed by atoms with Gasteiger partial charge in [0.1, 0.15) is 0 Å². The molecule has 3 N–H and O–H groups in total. The summed E-state index contributed by atoms with van der Waals surface area (Å²) in [6, 6.07) is 0. The molecule has 0 spiro atoms. The Morgan fingerprint density at radius 1 is 0.900 bits per heavy atom. The van der Waals surface area contributed by atoms with E-state index in [4.69, 9.17) is 4.74 Å². The molecule has 0 aliphatic rings. The van der Waals surface area contributed by atoms with Crippen molar-refractivity contribution >= 4 is 0 Å². The Hall–Kier alpha value is -0.160. The van der Waals surface area contributed by atoms with Crippen molar-refractivity contribution < 1.29 is 14.9 Å². The molecular weight excluding hydrogens is 254 g/mol. The van der Waals surface area contributed by atoms with Crippen LogP contribution in [0.4, 0.5) is 0 Å². The van der Waals surface area contributed by atoms with Gasteiger partial charge in [-0.1, -0.05) is 46.0 Å². The van der Waals surface area contributed by atoms with Crippen LogP contribution in [0, 0.1) is 5.41 Å². The van der Waals surface area contributed by atoms with Gasteiger partial charge in [-0.05, 0) is 19.4 Å². The highest BCUT2D eigenvalue weighted by atomic mass is 16.5. The summed E-state index contributed by atoms with van der Waals surface area (Å²) in [7, 11) is 0. The fourth-order valence-corrected chi connectivity index (χ4v) is 2.06. The molecule has 122 valence electrons. The highest BCUT2D eigenvalue weighted by Crippen LogP contribution is 2.20. The van der Waals surface area contributed by atoms with E-state index >= 15 is 0 Å². The van der Waals surface area contributed by atoms with Crippen molar-refractivity contribution in [3.63, 3.8) is 0 Å². The fraction of sp³-hybridized carbons (Fsp3) is 1.00. The number of nitrogens with one attached hydrogen (secondary N) is 1. The lowest BCUT2D eigenvalue weighted by Gasteiger charge is -2.27. The number of ether oxygens (including phenoxy) is 1. The molecule has 0 heterocycles. The largest absolute Gasteiger partial charge is 0.396 e. The summed E-state index contributed by atoms with van der Waals surface area (Å²) < 4.78 is 5.55. The van der Waals surface area contributed by atoms with Crippen molar-refractivity contribution in [2.24, 2.45) is 5.41 Å². The maximum absolute atomic E-state index is 9.28. The van der Waals surface area contributed by atoms with E-state index in [0.717, 1.165) is 19.5 Å². The summed E-state index contributed by atoms with van der Waals surface area (Å²) in [5, 5.41) is 21.9. The molecule has 0 unspecified atom stereocenters. The molecule has 0 fully saturated rings. The minimum absolute atomic E-state index is 0.0226. The summed E-state index contributed by atoms with van der Waals surface area (Å²) in [5.41, 5.74) is -0.473. The van der Waals surface area contributed by atoms with E-state index in [0.29, 0.717) is 13.2 Å². The van der Waals surface area contributed by atoms with Crippen LogP contribution in [0.1, 0.15) is 58.8 Å². The SMILES string of the molecule is CCCCCCCCNCCOCC(CC)(CO)CO. The van der Waals surface area contributed by atoms with Gasteiger partial charge < -0.3 is 20.3 Å². The van der Waals surface area contributed by atoms with Crippen LogP contribution in [0.2, 0.25) is 0 Å². The van der Waals surface area contributed by atoms with Crippen molar-refractivity contribution in [1.29, 1.82) is 0 Å². The molecule has 0 bridgehead atoms. The molecule has 0 aliphatic heterocycles. The van der Waals surface area contributed by atoms with Crippen LogP contribution in [0.25, 0.3) is 0 Å². The van der Waals surface area contributed by atoms with E-state index in [2.05, 4.69) is 12.2 Å². The third-order valence-corrected chi connectivity index (χ3v) is 3.96. The van der Waals surface area contributed by atoms with Crippen LogP contribution in [0.15, 0.2) is 0 Å². The third-order valence-electron chi connectivity index (χ3n) is 3.96. The van der Waals surface area contributed by atoms with E-state index in [1.54, 1.807) is 0 Å². The second-order valence-corrected chi connectivity index (χ2v) is 5.74. The van der Waals surface area contributed by atoms with Crippen molar-refractivity contribution in [1.82, 2.24) is 5.32 Å². The highest BCUT2D eigenvalue weighted by molar-refractivity contribution is 4.75. The molecule has 0 aromatic heterocycles. The minimum Gasteiger partial charge on any atom is -0.396 e. The first-order chi connectivity index (χ1) is 9.74. The monoisotopic (exact) mass is 289 g/mol. The third kappa shape index (κ3) is 9.70. The number of hydrogen-bond acceptors (Lipinski definition) is 4. The Labute approximate surface area is 124 Å². The van der Waals surface area contributed by atoms with Gasteiger partial charge in [0.25, 0.3) is 0 Å². The molecule has 20 heavy (non-hydrogen) atoms. The van der Waals surface area contributed by atoms with Crippen LogP contribution in [0.3, 0.4) is 0 Å². The first-order valence-electron chi connectivity index (χ1n) is 8.25. The Morgan fingerprint density at radius 2 is 1.55 bits per heavy atom. The van der Waals surface area contributed by atoms with E-state index in [-0.39, 0.29) is 13.2 Å². The van der Waals surface area contributed by atoms with Crippen LogP contribution in [0.5, 0.6) is 0 Å². The van der Waals surface area contributed by atoms with E-state index in [1.807, 2.05) is 6.92 Å². The molecule has 0 aliphatic carbocycles. The smallest absolute Gasteiger partial charge is 0.0591 e. The molecule has 0 saturated carbocycles. The fourth-order valence-electron chi connectivity index (χ4n) is 2.06. The van der Waals surface area contributed by atoms with Crippen LogP contribution in [-0.2, 0) is 4.74 Å². The Bertz CT molecular complexity index is 188. The summed E-state index contributed by atoms with van der Waals surface area (Å²) in [6.45, 7) is 7.11. The first-order valence-corrected chi connectivity index (χ1v) is 8.25. The Balaban J connectivity index is 3.32. The van der Waals surface area contributed by atoms with Gasteiger partial charge in [0.05, 0.1) is 26.4 Å². The van der Waals surface area contributed by atoms with Gasteiger partial charge in [-0.15, -0.1) is 0 Å². The quantitative estimate of drug-likeness (QED) is 0.405. The van der Waals surface area contributed by atoms with Gasteiger partial charge in [-0.25, -0.2) is 0 Å². The Kier molecular flexibility index (Phi) is 13.7. The first kappa shape index (κ1) is 19.8. The summed E-state index contributed by atoms with van der Waals surface area (Å²) in [6.07, 6.45) is 8.63. The lowest BCUT2D eigenvalue weighted by atomic mass is 9.88. The van der Waals surface area contributed by atoms with Crippen LogP contribution >= 0.6 is 0 Å². The van der Waals surface area contributed by atoms with Gasteiger partial charge >= 0.3 is 0 Å². The lowest BCUT2D eigenvalue weighted by molar-refractivity contribution is -0.0289. The van der Waals surface area contributed by atoms with Crippen molar-refractivity contribution in [2.75, 3.05) is 39.5 Å². The highest BCUT2D eigenvalue weighted by Gasteiger charge is 2.26. The second kappa shape index (κ2) is 13.8. The molecule has 4 nitrogen and oxygen atoms in total. The van der Waals surface area contributed by atoms with E-state index in [9.17, 15) is 10.2 Å². The predicted octanol–water partition coefficient (Wildman–Crippen LogP) is 2.33. The van der Waals surface area contributed by atoms with Gasteiger partial charge in [-0.3, -0.25) is 0 Å². The molecule has 0 amide bonds. The Morgan fingerprint density at radius 3 is 2.15 bits per heavy atom. The number of rotatable bonds is 15. The summed E-state index contributed by atoms with van der Waals surface area (Å²) in [4.78, 5) is 0. The maximum Gasteiger partial charge on any atom is 0.0591 e. The van der Waals surface area contributed by atoms with Gasteiger partial charge in [-0.2, -0.15) is 0 Å². The molecule has 0 rings (SSSR count). The topological polar surface area (TPSA) is 61.7 Å². The van der Waals surface area contributed by atoms with Crippen LogP contribution in [-0.4, -0.2) is 49.7 Å². The zero-order valence-corrected chi connectivity index (χ0v) is 13.5.